The summed E-state index contributed by atoms with van der Waals surface area (Å²) in [7, 11) is 1.41. The van der Waals surface area contributed by atoms with Crippen LogP contribution in [-0.4, -0.2) is 7.11 Å². The van der Waals surface area contributed by atoms with Gasteiger partial charge in [-0.25, -0.2) is 4.39 Å². The highest BCUT2D eigenvalue weighted by atomic mass is 19.1. The van der Waals surface area contributed by atoms with Crippen LogP contribution in [0.4, 0.5) is 4.39 Å². The van der Waals surface area contributed by atoms with Crippen LogP contribution in [0.5, 0.6) is 5.75 Å². The van der Waals surface area contributed by atoms with Crippen LogP contribution >= 0.6 is 0 Å². The maximum Gasteiger partial charge on any atom is 0.165 e. The molecular formula is C11H12FNO. The van der Waals surface area contributed by atoms with Crippen LogP contribution in [0.3, 0.4) is 0 Å². The highest BCUT2D eigenvalue weighted by Crippen LogP contribution is 2.30. The van der Waals surface area contributed by atoms with Gasteiger partial charge in [0, 0.05) is 5.56 Å². The molecule has 74 valence electrons. The van der Waals surface area contributed by atoms with Gasteiger partial charge >= 0.3 is 0 Å². The molecule has 0 heterocycles. The van der Waals surface area contributed by atoms with Gasteiger partial charge in [0.2, 0.25) is 0 Å². The molecule has 3 heteroatoms. The van der Waals surface area contributed by atoms with Gasteiger partial charge in [0.05, 0.1) is 19.1 Å². The van der Waals surface area contributed by atoms with Crippen LogP contribution in [-0.2, 0) is 0 Å². The van der Waals surface area contributed by atoms with Crippen molar-refractivity contribution in [3.05, 3.63) is 29.6 Å². The Morgan fingerprint density at radius 2 is 2.29 bits per heavy atom. The smallest absolute Gasteiger partial charge is 0.165 e. The number of halogens is 1. The molecule has 0 bridgehead atoms. The molecule has 1 aromatic carbocycles. The Morgan fingerprint density at radius 3 is 2.79 bits per heavy atom. The summed E-state index contributed by atoms with van der Waals surface area (Å²) in [5.74, 6) is -0.541. The van der Waals surface area contributed by atoms with Gasteiger partial charge in [0.25, 0.3) is 0 Å². The third-order valence-corrected chi connectivity index (χ3v) is 2.14. The zero-order valence-corrected chi connectivity index (χ0v) is 8.25. The minimum absolute atomic E-state index is 0.181. The molecule has 0 aliphatic heterocycles. The lowest BCUT2D eigenvalue weighted by Crippen LogP contribution is -2.00. The van der Waals surface area contributed by atoms with E-state index in [-0.39, 0.29) is 11.7 Å². The third-order valence-electron chi connectivity index (χ3n) is 2.14. The Labute approximate surface area is 82.9 Å². The van der Waals surface area contributed by atoms with Gasteiger partial charge in [0.15, 0.2) is 11.6 Å². The number of ether oxygens (including phenoxy) is 1. The van der Waals surface area contributed by atoms with Crippen LogP contribution in [0.15, 0.2) is 18.2 Å². The molecule has 0 N–H and O–H groups in total. The molecule has 0 aliphatic carbocycles. The number of nitrogens with zero attached hydrogens (tertiary/aromatic N) is 1. The van der Waals surface area contributed by atoms with Crippen molar-refractivity contribution in [2.75, 3.05) is 7.11 Å². The fourth-order valence-corrected chi connectivity index (χ4v) is 1.40. The SMILES string of the molecule is CCC(C#N)c1cccc(F)c1OC. The Morgan fingerprint density at radius 1 is 1.57 bits per heavy atom. The van der Waals surface area contributed by atoms with E-state index < -0.39 is 5.82 Å². The zero-order chi connectivity index (χ0) is 10.6. The van der Waals surface area contributed by atoms with Gasteiger partial charge in [-0.05, 0) is 12.5 Å². The number of para-hydroxylation sites is 1. The topological polar surface area (TPSA) is 33.0 Å². The van der Waals surface area contributed by atoms with E-state index in [1.165, 1.54) is 13.2 Å². The van der Waals surface area contributed by atoms with Crippen molar-refractivity contribution in [3.63, 3.8) is 0 Å². The minimum atomic E-state index is -0.418. The third kappa shape index (κ3) is 1.85. The van der Waals surface area contributed by atoms with Crippen LogP contribution in [0, 0.1) is 17.1 Å². The fraction of sp³-hybridized carbons (Fsp3) is 0.364. The average molecular weight is 193 g/mol. The first-order chi connectivity index (χ1) is 6.74. The number of nitriles is 1. The van der Waals surface area contributed by atoms with Gasteiger partial charge in [0.1, 0.15) is 0 Å². The second kappa shape index (κ2) is 4.61. The van der Waals surface area contributed by atoms with Crippen LogP contribution in [0.2, 0.25) is 0 Å². The maximum atomic E-state index is 13.2. The van der Waals surface area contributed by atoms with Crippen molar-refractivity contribution in [3.8, 4) is 11.8 Å². The Hall–Kier alpha value is -1.56. The summed E-state index contributed by atoms with van der Waals surface area (Å²) in [5.41, 5.74) is 0.623. The molecule has 1 rings (SSSR count). The predicted octanol–water partition coefficient (Wildman–Crippen LogP) is 2.85. The normalized spacial score (nSPS) is 11.9. The second-order valence-electron chi connectivity index (χ2n) is 2.95. The molecule has 0 amide bonds. The van der Waals surface area contributed by atoms with Crippen molar-refractivity contribution in [1.82, 2.24) is 0 Å². The summed E-state index contributed by atoms with van der Waals surface area (Å²) < 4.78 is 18.2. The molecule has 0 saturated heterocycles. The maximum absolute atomic E-state index is 13.2. The van der Waals surface area contributed by atoms with Crippen molar-refractivity contribution in [2.45, 2.75) is 19.3 Å². The van der Waals surface area contributed by atoms with E-state index in [0.29, 0.717) is 12.0 Å². The average Bonchev–Trinajstić information content (AvgIpc) is 2.20. The molecule has 1 atom stereocenters. The number of methoxy groups -OCH3 is 1. The van der Waals surface area contributed by atoms with E-state index in [0.717, 1.165) is 0 Å². The number of rotatable bonds is 3. The quantitative estimate of drug-likeness (QED) is 0.739. The molecule has 1 unspecified atom stereocenters. The first kappa shape index (κ1) is 10.5. The molecule has 0 aromatic heterocycles. The zero-order valence-electron chi connectivity index (χ0n) is 8.25. The minimum Gasteiger partial charge on any atom is -0.493 e. The first-order valence-corrected chi connectivity index (χ1v) is 4.46. The number of hydrogen-bond acceptors (Lipinski definition) is 2. The summed E-state index contributed by atoms with van der Waals surface area (Å²) in [5, 5.41) is 8.86. The number of hydrogen-bond donors (Lipinski definition) is 0. The molecule has 2 nitrogen and oxygen atoms in total. The summed E-state index contributed by atoms with van der Waals surface area (Å²) >= 11 is 0. The van der Waals surface area contributed by atoms with E-state index in [2.05, 4.69) is 6.07 Å². The lowest BCUT2D eigenvalue weighted by molar-refractivity contribution is 0.379. The summed E-state index contributed by atoms with van der Waals surface area (Å²) in [6, 6.07) is 6.76. The van der Waals surface area contributed by atoms with Gasteiger partial charge in [-0.2, -0.15) is 5.26 Å². The van der Waals surface area contributed by atoms with Crippen LogP contribution < -0.4 is 4.74 Å². The first-order valence-electron chi connectivity index (χ1n) is 4.46. The van der Waals surface area contributed by atoms with Crippen molar-refractivity contribution in [1.29, 1.82) is 5.26 Å². The summed E-state index contributed by atoms with van der Waals surface area (Å²) in [4.78, 5) is 0. The molecule has 0 fully saturated rings. The Bertz CT molecular complexity index is 357. The van der Waals surface area contributed by atoms with Crippen molar-refractivity contribution in [2.24, 2.45) is 0 Å². The monoisotopic (exact) mass is 193 g/mol. The van der Waals surface area contributed by atoms with E-state index in [1.54, 1.807) is 12.1 Å². The molecule has 14 heavy (non-hydrogen) atoms. The molecule has 0 spiro atoms. The second-order valence-corrected chi connectivity index (χ2v) is 2.95. The standard InChI is InChI=1S/C11H12FNO/c1-3-8(7-13)9-5-4-6-10(12)11(9)14-2/h4-6,8H,3H2,1-2H3. The van der Waals surface area contributed by atoms with Gasteiger partial charge < -0.3 is 4.74 Å². The molecular weight excluding hydrogens is 181 g/mol. The van der Waals surface area contributed by atoms with Gasteiger partial charge in [-0.15, -0.1) is 0 Å². The van der Waals surface area contributed by atoms with Gasteiger partial charge in [-0.1, -0.05) is 19.1 Å². The number of benzene rings is 1. The highest BCUT2D eigenvalue weighted by molar-refractivity contribution is 5.40. The summed E-state index contributed by atoms with van der Waals surface area (Å²) in [6.07, 6.45) is 0.649. The van der Waals surface area contributed by atoms with E-state index in [4.69, 9.17) is 10.00 Å². The van der Waals surface area contributed by atoms with Crippen LogP contribution in [0.25, 0.3) is 0 Å². The predicted molar refractivity (Wildman–Crippen MR) is 51.6 cm³/mol. The Kier molecular flexibility index (Phi) is 3.47. The Balaban J connectivity index is 3.20. The molecule has 0 saturated carbocycles. The van der Waals surface area contributed by atoms with Crippen LogP contribution in [0.1, 0.15) is 24.8 Å². The van der Waals surface area contributed by atoms with E-state index >= 15 is 0 Å². The largest absolute Gasteiger partial charge is 0.493 e. The lowest BCUT2D eigenvalue weighted by atomic mass is 9.97. The van der Waals surface area contributed by atoms with E-state index in [1.807, 2.05) is 6.92 Å². The van der Waals surface area contributed by atoms with E-state index in [9.17, 15) is 4.39 Å². The molecule has 0 radical (unpaired) electrons. The fourth-order valence-electron chi connectivity index (χ4n) is 1.40. The molecule has 0 aliphatic rings. The van der Waals surface area contributed by atoms with Crippen molar-refractivity contribution >= 4 is 0 Å². The molecule has 1 aromatic rings. The van der Waals surface area contributed by atoms with Gasteiger partial charge in [-0.3, -0.25) is 0 Å². The summed E-state index contributed by atoms with van der Waals surface area (Å²) in [6.45, 7) is 1.89. The highest BCUT2D eigenvalue weighted by Gasteiger charge is 2.16. The van der Waals surface area contributed by atoms with Crippen molar-refractivity contribution < 1.29 is 9.13 Å². The lowest BCUT2D eigenvalue weighted by Gasteiger charge is -2.12.